The number of guanidine groups is 1. The molecule has 2 atom stereocenters. The van der Waals surface area contributed by atoms with Crippen molar-refractivity contribution in [2.45, 2.75) is 44.3 Å². The van der Waals surface area contributed by atoms with E-state index in [9.17, 15) is 0 Å². The number of likely N-dealkylation sites (N-methyl/N-ethyl adjacent to an activating group) is 1. The van der Waals surface area contributed by atoms with Gasteiger partial charge in [0.05, 0.1) is 14.2 Å². The number of anilines is 1. The molecule has 1 aromatic carbocycles. The van der Waals surface area contributed by atoms with Crippen LogP contribution in [0.25, 0.3) is 0 Å². The summed E-state index contributed by atoms with van der Waals surface area (Å²) in [6, 6.07) is 7.66. The Morgan fingerprint density at radius 1 is 1.21 bits per heavy atom. The highest BCUT2D eigenvalue weighted by Crippen LogP contribution is 2.30. The maximum absolute atomic E-state index is 5.41. The van der Waals surface area contributed by atoms with Crippen molar-refractivity contribution in [3.05, 3.63) is 18.2 Å². The Kier molecular flexibility index (Phi) is 6.88. The van der Waals surface area contributed by atoms with Crippen molar-refractivity contribution in [3.8, 4) is 11.5 Å². The monoisotopic (exact) mass is 389 g/mol. The Morgan fingerprint density at radius 3 is 2.46 bits per heavy atom. The van der Waals surface area contributed by atoms with E-state index < -0.39 is 0 Å². The van der Waals surface area contributed by atoms with Gasteiger partial charge < -0.3 is 25.0 Å². The molecular weight excluding hydrogens is 354 g/mol. The van der Waals surface area contributed by atoms with Crippen LogP contribution in [0.15, 0.2) is 23.2 Å². The third kappa shape index (κ3) is 5.22. The number of rotatable bonds is 8. The molecule has 156 valence electrons. The van der Waals surface area contributed by atoms with E-state index in [2.05, 4.69) is 51.5 Å². The van der Waals surface area contributed by atoms with Gasteiger partial charge in [0, 0.05) is 68.7 Å². The lowest BCUT2D eigenvalue weighted by Crippen LogP contribution is -2.48. The summed E-state index contributed by atoms with van der Waals surface area (Å²) < 4.78 is 10.8. The van der Waals surface area contributed by atoms with E-state index in [1.165, 1.54) is 12.8 Å². The number of ether oxygens (including phenoxy) is 2. The van der Waals surface area contributed by atoms with Gasteiger partial charge in [-0.25, -0.2) is 0 Å². The van der Waals surface area contributed by atoms with Gasteiger partial charge >= 0.3 is 0 Å². The number of nitrogens with zero attached hydrogens (tertiary/aromatic N) is 3. The fourth-order valence-corrected chi connectivity index (χ4v) is 3.71. The summed E-state index contributed by atoms with van der Waals surface area (Å²) in [5, 5.41) is 7.07. The van der Waals surface area contributed by atoms with Crippen LogP contribution in [-0.2, 0) is 0 Å². The SMILES string of the molecule is CN=C(NCC(C)N(C)C1CC1)NC1CCN(c2cc(OC)cc(OC)c2)C1. The Bertz CT molecular complexity index is 655. The first-order chi connectivity index (χ1) is 13.5. The molecule has 0 radical (unpaired) electrons. The van der Waals surface area contributed by atoms with Crippen LogP contribution >= 0.6 is 0 Å². The van der Waals surface area contributed by atoms with Gasteiger partial charge in [0.15, 0.2) is 5.96 Å². The standard InChI is InChI=1S/C21H35N5O2/c1-15(25(3)17-6-7-17)13-23-21(22-2)24-16-8-9-26(14-16)18-10-19(27-4)12-20(11-18)28-5/h10-12,15-17H,6-9,13-14H2,1-5H3,(H2,22,23,24). The van der Waals surface area contributed by atoms with Crippen molar-refractivity contribution in [2.75, 3.05) is 52.8 Å². The number of hydrogen-bond donors (Lipinski definition) is 2. The lowest BCUT2D eigenvalue weighted by atomic mass is 10.2. The van der Waals surface area contributed by atoms with E-state index in [0.29, 0.717) is 12.1 Å². The molecule has 0 amide bonds. The third-order valence-corrected chi connectivity index (χ3v) is 5.84. The fraction of sp³-hybridized carbons (Fsp3) is 0.667. The van der Waals surface area contributed by atoms with Crippen molar-refractivity contribution in [3.63, 3.8) is 0 Å². The van der Waals surface area contributed by atoms with E-state index >= 15 is 0 Å². The van der Waals surface area contributed by atoms with Gasteiger partial charge in [-0.05, 0) is 33.2 Å². The molecule has 0 spiro atoms. The van der Waals surface area contributed by atoms with Crippen molar-refractivity contribution >= 4 is 11.6 Å². The molecular formula is C21H35N5O2. The summed E-state index contributed by atoms with van der Waals surface area (Å²) in [6.07, 6.45) is 3.74. The third-order valence-electron chi connectivity index (χ3n) is 5.84. The summed E-state index contributed by atoms with van der Waals surface area (Å²) in [5.74, 6) is 2.51. The number of hydrogen-bond acceptors (Lipinski definition) is 5. The number of methoxy groups -OCH3 is 2. The zero-order chi connectivity index (χ0) is 20.1. The van der Waals surface area contributed by atoms with Crippen LogP contribution in [-0.4, -0.2) is 76.9 Å². The van der Waals surface area contributed by atoms with Gasteiger partial charge in [-0.15, -0.1) is 0 Å². The van der Waals surface area contributed by atoms with Gasteiger partial charge in [-0.2, -0.15) is 0 Å². The van der Waals surface area contributed by atoms with Crippen LogP contribution in [0.1, 0.15) is 26.2 Å². The molecule has 7 nitrogen and oxygen atoms in total. The van der Waals surface area contributed by atoms with Crippen LogP contribution in [0.2, 0.25) is 0 Å². The Morgan fingerprint density at radius 2 is 1.89 bits per heavy atom. The molecule has 1 aliphatic carbocycles. The van der Waals surface area contributed by atoms with Crippen LogP contribution in [0, 0.1) is 0 Å². The zero-order valence-corrected chi connectivity index (χ0v) is 17.9. The summed E-state index contributed by atoms with van der Waals surface area (Å²) in [7, 11) is 7.43. The smallest absolute Gasteiger partial charge is 0.191 e. The summed E-state index contributed by atoms with van der Waals surface area (Å²) >= 11 is 0. The molecule has 2 fully saturated rings. The van der Waals surface area contributed by atoms with E-state index in [1.54, 1.807) is 14.2 Å². The highest BCUT2D eigenvalue weighted by atomic mass is 16.5. The quantitative estimate of drug-likeness (QED) is 0.523. The van der Waals surface area contributed by atoms with Crippen LogP contribution in [0.3, 0.4) is 0 Å². The minimum absolute atomic E-state index is 0.361. The van der Waals surface area contributed by atoms with Gasteiger partial charge in [0.2, 0.25) is 0 Å². The molecule has 1 heterocycles. The predicted molar refractivity (Wildman–Crippen MR) is 115 cm³/mol. The van der Waals surface area contributed by atoms with Crippen LogP contribution in [0.4, 0.5) is 5.69 Å². The van der Waals surface area contributed by atoms with Crippen molar-refractivity contribution in [1.29, 1.82) is 0 Å². The van der Waals surface area contributed by atoms with Gasteiger partial charge in [0.1, 0.15) is 11.5 Å². The summed E-state index contributed by atoms with van der Waals surface area (Å²) in [5.41, 5.74) is 1.13. The zero-order valence-electron chi connectivity index (χ0n) is 17.9. The van der Waals surface area contributed by atoms with Crippen molar-refractivity contribution in [1.82, 2.24) is 15.5 Å². The molecule has 3 rings (SSSR count). The average molecular weight is 390 g/mol. The minimum atomic E-state index is 0.361. The molecule has 0 aromatic heterocycles. The first-order valence-electron chi connectivity index (χ1n) is 10.2. The van der Waals surface area contributed by atoms with E-state index in [0.717, 1.165) is 55.2 Å². The highest BCUT2D eigenvalue weighted by molar-refractivity contribution is 5.80. The van der Waals surface area contributed by atoms with Crippen molar-refractivity contribution < 1.29 is 9.47 Å². The van der Waals surface area contributed by atoms with Crippen LogP contribution in [0.5, 0.6) is 11.5 Å². The minimum Gasteiger partial charge on any atom is -0.497 e. The Balaban J connectivity index is 1.51. The lowest BCUT2D eigenvalue weighted by Gasteiger charge is -2.26. The number of benzene rings is 1. The number of nitrogens with one attached hydrogen (secondary N) is 2. The van der Waals surface area contributed by atoms with E-state index in [1.807, 2.05) is 13.1 Å². The van der Waals surface area contributed by atoms with E-state index in [-0.39, 0.29) is 0 Å². The fourth-order valence-electron chi connectivity index (χ4n) is 3.71. The van der Waals surface area contributed by atoms with Gasteiger partial charge in [-0.3, -0.25) is 9.89 Å². The molecule has 0 bridgehead atoms. The second-order valence-corrected chi connectivity index (χ2v) is 7.85. The molecule has 1 saturated carbocycles. The Hall–Kier alpha value is -2.15. The maximum atomic E-state index is 5.41. The lowest BCUT2D eigenvalue weighted by molar-refractivity contribution is 0.247. The molecule has 1 aromatic rings. The molecule has 2 N–H and O–H groups in total. The molecule has 2 unspecified atom stereocenters. The second kappa shape index (κ2) is 9.37. The molecule has 7 heteroatoms. The first kappa shape index (κ1) is 20.6. The van der Waals surface area contributed by atoms with E-state index in [4.69, 9.17) is 9.47 Å². The summed E-state index contributed by atoms with van der Waals surface area (Å²) in [4.78, 5) is 9.24. The van der Waals surface area contributed by atoms with Gasteiger partial charge in [0.25, 0.3) is 0 Å². The van der Waals surface area contributed by atoms with Crippen molar-refractivity contribution in [2.24, 2.45) is 4.99 Å². The maximum Gasteiger partial charge on any atom is 0.191 e. The molecule has 2 aliphatic rings. The van der Waals surface area contributed by atoms with Gasteiger partial charge in [-0.1, -0.05) is 0 Å². The van der Waals surface area contributed by atoms with Crippen LogP contribution < -0.4 is 25.0 Å². The normalized spacial score (nSPS) is 21.0. The molecule has 1 aliphatic heterocycles. The summed E-state index contributed by atoms with van der Waals surface area (Å²) in [6.45, 7) is 5.09. The topological polar surface area (TPSA) is 61.4 Å². The first-order valence-corrected chi connectivity index (χ1v) is 10.2. The average Bonchev–Trinajstić information content (AvgIpc) is 3.47. The largest absolute Gasteiger partial charge is 0.497 e. The molecule has 1 saturated heterocycles. The number of aliphatic imine (C=N–C) groups is 1. The molecule has 28 heavy (non-hydrogen) atoms. The Labute approximate surface area is 169 Å². The second-order valence-electron chi connectivity index (χ2n) is 7.85. The highest BCUT2D eigenvalue weighted by Gasteiger charge is 2.29. The predicted octanol–water partition coefficient (Wildman–Crippen LogP) is 1.93.